The molecule has 0 bridgehead atoms. The van der Waals surface area contributed by atoms with E-state index in [4.69, 9.17) is 4.74 Å². The third-order valence-corrected chi connectivity index (χ3v) is 3.72. The van der Waals surface area contributed by atoms with Gasteiger partial charge in [0.1, 0.15) is 5.75 Å². The van der Waals surface area contributed by atoms with Crippen LogP contribution in [-0.4, -0.2) is 31.6 Å². The van der Waals surface area contributed by atoms with Crippen molar-refractivity contribution in [2.45, 2.75) is 53.0 Å². The summed E-state index contributed by atoms with van der Waals surface area (Å²) in [6, 6.07) is 0. The zero-order valence-corrected chi connectivity index (χ0v) is 17.4. The molecule has 0 spiro atoms. The van der Waals surface area contributed by atoms with E-state index in [0.717, 1.165) is 35.1 Å². The molecular weight excluding hydrogens is 403 g/mol. The number of unbranched alkanes of at least 4 members (excludes halogenated alkanes) is 3. The lowest BCUT2D eigenvalue weighted by Crippen LogP contribution is -2.37. The second kappa shape index (κ2) is 12.4. The first kappa shape index (κ1) is 21.9. The first-order valence-corrected chi connectivity index (χ1v) is 8.07. The monoisotopic (exact) mass is 434 g/mol. The molecule has 0 aliphatic carbocycles. The average Bonchev–Trinajstić information content (AvgIpc) is 2.52. The van der Waals surface area contributed by atoms with Gasteiger partial charge in [-0.1, -0.05) is 26.2 Å². The van der Waals surface area contributed by atoms with E-state index >= 15 is 0 Å². The van der Waals surface area contributed by atoms with Crippen molar-refractivity contribution in [2.75, 3.05) is 20.7 Å². The molecule has 1 heterocycles. The van der Waals surface area contributed by atoms with Crippen LogP contribution in [0, 0.1) is 13.8 Å². The summed E-state index contributed by atoms with van der Waals surface area (Å²) in [5, 5.41) is 6.65. The normalized spacial score (nSPS) is 10.9. The highest BCUT2D eigenvalue weighted by Gasteiger charge is 2.09. The van der Waals surface area contributed by atoms with Crippen LogP contribution in [0.25, 0.3) is 0 Å². The molecule has 0 atom stereocenters. The Morgan fingerprint density at radius 2 is 1.96 bits per heavy atom. The topological polar surface area (TPSA) is 58.5 Å². The van der Waals surface area contributed by atoms with Gasteiger partial charge in [-0.3, -0.25) is 9.98 Å². The zero-order valence-electron chi connectivity index (χ0n) is 15.0. The molecule has 23 heavy (non-hydrogen) atoms. The minimum Gasteiger partial charge on any atom is -0.496 e. The van der Waals surface area contributed by atoms with Gasteiger partial charge in [-0.15, -0.1) is 24.0 Å². The highest BCUT2D eigenvalue weighted by molar-refractivity contribution is 14.0. The highest BCUT2D eigenvalue weighted by atomic mass is 127. The number of pyridine rings is 1. The summed E-state index contributed by atoms with van der Waals surface area (Å²) < 4.78 is 5.44. The lowest BCUT2D eigenvalue weighted by Gasteiger charge is -2.15. The minimum absolute atomic E-state index is 0. The van der Waals surface area contributed by atoms with Crippen LogP contribution in [0.4, 0.5) is 0 Å². The molecule has 0 aliphatic heterocycles. The van der Waals surface area contributed by atoms with Gasteiger partial charge in [-0.2, -0.15) is 0 Å². The van der Waals surface area contributed by atoms with Gasteiger partial charge in [0.25, 0.3) is 0 Å². The Labute approximate surface area is 157 Å². The quantitative estimate of drug-likeness (QED) is 0.284. The maximum Gasteiger partial charge on any atom is 0.191 e. The van der Waals surface area contributed by atoms with Crippen LogP contribution in [0.15, 0.2) is 11.2 Å². The van der Waals surface area contributed by atoms with Gasteiger partial charge in [0.15, 0.2) is 5.96 Å². The van der Waals surface area contributed by atoms with Crippen molar-refractivity contribution in [3.05, 3.63) is 23.0 Å². The Balaban J connectivity index is 0.00000484. The standard InChI is InChI=1S/C17H30N4O.HI/c1-6-7-8-9-10-19-17(18-4)21-12-15-14(3)16(22-5)13(2)11-20-15;/h11H,6-10,12H2,1-5H3,(H2,18,19,21);1H. The lowest BCUT2D eigenvalue weighted by atomic mass is 10.1. The van der Waals surface area contributed by atoms with Gasteiger partial charge >= 0.3 is 0 Å². The summed E-state index contributed by atoms with van der Waals surface area (Å²) in [6.45, 7) is 7.85. The predicted octanol–water partition coefficient (Wildman–Crippen LogP) is 3.57. The summed E-state index contributed by atoms with van der Waals surface area (Å²) in [7, 11) is 3.49. The molecule has 0 fully saturated rings. The van der Waals surface area contributed by atoms with Crippen LogP contribution in [0.5, 0.6) is 5.75 Å². The SMILES string of the molecule is CCCCCCNC(=NC)NCc1ncc(C)c(OC)c1C.I. The molecule has 6 heteroatoms. The van der Waals surface area contributed by atoms with Crippen LogP contribution in [-0.2, 0) is 6.54 Å². The van der Waals surface area contributed by atoms with E-state index in [0.29, 0.717) is 6.54 Å². The van der Waals surface area contributed by atoms with E-state index in [2.05, 4.69) is 27.5 Å². The molecule has 0 amide bonds. The largest absolute Gasteiger partial charge is 0.496 e. The van der Waals surface area contributed by atoms with Gasteiger partial charge in [-0.25, -0.2) is 0 Å². The molecule has 0 saturated heterocycles. The number of hydrogen-bond donors (Lipinski definition) is 2. The summed E-state index contributed by atoms with van der Waals surface area (Å²) in [6.07, 6.45) is 6.83. The fourth-order valence-electron chi connectivity index (χ4n) is 2.40. The highest BCUT2D eigenvalue weighted by Crippen LogP contribution is 2.23. The van der Waals surface area contributed by atoms with Gasteiger partial charge < -0.3 is 15.4 Å². The molecule has 0 aromatic carbocycles. The fourth-order valence-corrected chi connectivity index (χ4v) is 2.40. The number of rotatable bonds is 8. The number of aromatic nitrogens is 1. The minimum atomic E-state index is 0. The molecule has 1 aromatic rings. The van der Waals surface area contributed by atoms with E-state index < -0.39 is 0 Å². The Bertz CT molecular complexity index is 492. The van der Waals surface area contributed by atoms with Crippen molar-refractivity contribution in [2.24, 2.45) is 4.99 Å². The number of aliphatic imine (C=N–C) groups is 1. The van der Waals surface area contributed by atoms with Crippen LogP contribution in [0.3, 0.4) is 0 Å². The van der Waals surface area contributed by atoms with Crippen molar-refractivity contribution >= 4 is 29.9 Å². The van der Waals surface area contributed by atoms with E-state index in [9.17, 15) is 0 Å². The van der Waals surface area contributed by atoms with E-state index in [-0.39, 0.29) is 24.0 Å². The van der Waals surface area contributed by atoms with Gasteiger partial charge in [-0.05, 0) is 20.3 Å². The second-order valence-corrected chi connectivity index (χ2v) is 5.46. The first-order chi connectivity index (χ1) is 10.6. The molecule has 0 aliphatic rings. The molecule has 5 nitrogen and oxygen atoms in total. The average molecular weight is 434 g/mol. The Morgan fingerprint density at radius 1 is 1.22 bits per heavy atom. The third kappa shape index (κ3) is 7.37. The zero-order chi connectivity index (χ0) is 16.4. The van der Waals surface area contributed by atoms with Gasteiger partial charge in [0.05, 0.1) is 19.3 Å². The van der Waals surface area contributed by atoms with E-state index in [1.54, 1.807) is 14.2 Å². The van der Waals surface area contributed by atoms with Crippen LogP contribution in [0.2, 0.25) is 0 Å². The molecule has 0 radical (unpaired) electrons. The predicted molar refractivity (Wildman–Crippen MR) is 108 cm³/mol. The van der Waals surface area contributed by atoms with Crippen molar-refractivity contribution < 1.29 is 4.74 Å². The fraction of sp³-hybridized carbons (Fsp3) is 0.647. The summed E-state index contributed by atoms with van der Waals surface area (Å²) in [4.78, 5) is 8.73. The Morgan fingerprint density at radius 3 is 2.57 bits per heavy atom. The number of hydrogen-bond acceptors (Lipinski definition) is 3. The number of aryl methyl sites for hydroxylation is 1. The first-order valence-electron chi connectivity index (χ1n) is 8.07. The number of nitrogens with one attached hydrogen (secondary N) is 2. The van der Waals surface area contributed by atoms with Crippen molar-refractivity contribution in [3.63, 3.8) is 0 Å². The number of methoxy groups -OCH3 is 1. The molecule has 2 N–H and O–H groups in total. The van der Waals surface area contributed by atoms with E-state index in [1.807, 2.05) is 20.0 Å². The molecule has 0 saturated carbocycles. The van der Waals surface area contributed by atoms with Crippen molar-refractivity contribution in [1.29, 1.82) is 0 Å². The molecule has 1 aromatic heterocycles. The smallest absolute Gasteiger partial charge is 0.191 e. The van der Waals surface area contributed by atoms with Gasteiger partial charge in [0.2, 0.25) is 0 Å². The number of ether oxygens (including phenoxy) is 1. The van der Waals surface area contributed by atoms with Gasteiger partial charge in [0, 0.05) is 30.9 Å². The Hall–Kier alpha value is -1.05. The molecule has 1 rings (SSSR count). The second-order valence-electron chi connectivity index (χ2n) is 5.46. The third-order valence-electron chi connectivity index (χ3n) is 3.72. The summed E-state index contributed by atoms with van der Waals surface area (Å²) in [5.41, 5.74) is 3.12. The van der Waals surface area contributed by atoms with Crippen molar-refractivity contribution in [3.8, 4) is 5.75 Å². The maximum atomic E-state index is 5.44. The summed E-state index contributed by atoms with van der Waals surface area (Å²) >= 11 is 0. The van der Waals surface area contributed by atoms with Crippen LogP contribution >= 0.6 is 24.0 Å². The number of nitrogens with zero attached hydrogens (tertiary/aromatic N) is 2. The number of halogens is 1. The molecular formula is C17H31IN4O. The van der Waals surface area contributed by atoms with Crippen molar-refractivity contribution in [1.82, 2.24) is 15.6 Å². The van der Waals surface area contributed by atoms with E-state index in [1.165, 1.54) is 25.7 Å². The Kier molecular flexibility index (Phi) is 11.8. The van der Waals surface area contributed by atoms with Crippen LogP contribution < -0.4 is 15.4 Å². The number of guanidine groups is 1. The summed E-state index contributed by atoms with van der Waals surface area (Å²) in [5.74, 6) is 1.73. The van der Waals surface area contributed by atoms with Crippen LogP contribution in [0.1, 0.15) is 49.4 Å². The maximum absolute atomic E-state index is 5.44. The molecule has 0 unspecified atom stereocenters. The molecule has 132 valence electrons. The lowest BCUT2D eigenvalue weighted by molar-refractivity contribution is 0.406.